The van der Waals surface area contributed by atoms with Gasteiger partial charge in [-0.3, -0.25) is 9.59 Å². The van der Waals surface area contributed by atoms with Crippen LogP contribution in [0.15, 0.2) is 42.5 Å². The molecule has 6 heteroatoms. The molecule has 5 nitrogen and oxygen atoms in total. The van der Waals surface area contributed by atoms with Crippen LogP contribution >= 0.6 is 11.6 Å². The van der Waals surface area contributed by atoms with Gasteiger partial charge in [0, 0.05) is 28.5 Å². The molecule has 0 aliphatic carbocycles. The van der Waals surface area contributed by atoms with Gasteiger partial charge in [0.2, 0.25) is 11.8 Å². The van der Waals surface area contributed by atoms with Gasteiger partial charge in [-0.25, -0.2) is 0 Å². The molecule has 0 bridgehead atoms. The van der Waals surface area contributed by atoms with Gasteiger partial charge in [0.15, 0.2) is 0 Å². The smallest absolute Gasteiger partial charge is 0.243 e. The lowest BCUT2D eigenvalue weighted by molar-refractivity contribution is -0.116. The largest absolute Gasteiger partial charge is 0.376 e. The van der Waals surface area contributed by atoms with Gasteiger partial charge in [-0.1, -0.05) is 24.6 Å². The molecule has 2 amide bonds. The molecule has 2 rings (SSSR count). The highest BCUT2D eigenvalue weighted by atomic mass is 35.5. The summed E-state index contributed by atoms with van der Waals surface area (Å²) >= 11 is 5.82. The minimum atomic E-state index is -0.174. The highest BCUT2D eigenvalue weighted by Crippen LogP contribution is 2.23. The van der Waals surface area contributed by atoms with Crippen LogP contribution in [0.3, 0.4) is 0 Å². The summed E-state index contributed by atoms with van der Waals surface area (Å²) in [6.07, 6.45) is 0.404. The standard InChI is InChI=1S/C18H20ClN3O2/c1-3-17(23)21-15-5-4-6-16(12(15)2)22-18(24)11-20-14-9-7-13(19)8-10-14/h4-10,20H,3,11H2,1-2H3,(H,21,23)(H,22,24). The third-order valence-electron chi connectivity index (χ3n) is 3.50. The Labute approximate surface area is 146 Å². The monoisotopic (exact) mass is 345 g/mol. The van der Waals surface area contributed by atoms with E-state index in [9.17, 15) is 9.59 Å². The summed E-state index contributed by atoms with van der Waals surface area (Å²) in [7, 11) is 0. The van der Waals surface area contributed by atoms with Crippen molar-refractivity contribution in [2.24, 2.45) is 0 Å². The first-order valence-corrected chi connectivity index (χ1v) is 8.06. The molecular formula is C18H20ClN3O2. The third kappa shape index (κ3) is 4.99. The predicted octanol–water partition coefficient (Wildman–Crippen LogP) is 4.05. The quantitative estimate of drug-likeness (QED) is 0.739. The lowest BCUT2D eigenvalue weighted by Crippen LogP contribution is -2.22. The molecular weight excluding hydrogens is 326 g/mol. The molecule has 0 saturated heterocycles. The van der Waals surface area contributed by atoms with E-state index in [2.05, 4.69) is 16.0 Å². The Balaban J connectivity index is 1.97. The van der Waals surface area contributed by atoms with Crippen LogP contribution in [0.2, 0.25) is 5.02 Å². The van der Waals surface area contributed by atoms with Gasteiger partial charge in [0.1, 0.15) is 0 Å². The van der Waals surface area contributed by atoms with Crippen molar-refractivity contribution >= 4 is 40.5 Å². The zero-order valence-electron chi connectivity index (χ0n) is 13.7. The second-order valence-electron chi connectivity index (χ2n) is 5.29. The Morgan fingerprint density at radius 2 is 1.54 bits per heavy atom. The van der Waals surface area contributed by atoms with E-state index in [1.807, 2.05) is 25.1 Å². The molecule has 0 heterocycles. The molecule has 0 aliphatic heterocycles. The summed E-state index contributed by atoms with van der Waals surface area (Å²) in [5.41, 5.74) is 3.01. The maximum atomic E-state index is 12.1. The van der Waals surface area contributed by atoms with Gasteiger partial charge < -0.3 is 16.0 Å². The van der Waals surface area contributed by atoms with Crippen molar-refractivity contribution in [3.63, 3.8) is 0 Å². The van der Waals surface area contributed by atoms with E-state index >= 15 is 0 Å². The van der Waals surface area contributed by atoms with Gasteiger partial charge in [-0.2, -0.15) is 0 Å². The third-order valence-corrected chi connectivity index (χ3v) is 3.75. The fourth-order valence-corrected chi connectivity index (χ4v) is 2.22. The van der Waals surface area contributed by atoms with Crippen LogP contribution < -0.4 is 16.0 Å². The number of carbonyl (C=O) groups excluding carboxylic acids is 2. The molecule has 0 spiro atoms. The SMILES string of the molecule is CCC(=O)Nc1cccc(NC(=O)CNc2ccc(Cl)cc2)c1C. The molecule has 126 valence electrons. The van der Waals surface area contributed by atoms with Crippen LogP contribution in [0.25, 0.3) is 0 Å². The lowest BCUT2D eigenvalue weighted by Gasteiger charge is -2.13. The highest BCUT2D eigenvalue weighted by molar-refractivity contribution is 6.30. The summed E-state index contributed by atoms with van der Waals surface area (Å²) in [5.74, 6) is -0.238. The molecule has 3 N–H and O–H groups in total. The van der Waals surface area contributed by atoms with Crippen LogP contribution in [0.5, 0.6) is 0 Å². The van der Waals surface area contributed by atoms with E-state index in [1.54, 1.807) is 31.2 Å². The van der Waals surface area contributed by atoms with E-state index in [4.69, 9.17) is 11.6 Å². The summed E-state index contributed by atoms with van der Waals surface area (Å²) < 4.78 is 0. The van der Waals surface area contributed by atoms with Gasteiger partial charge in [-0.15, -0.1) is 0 Å². The normalized spacial score (nSPS) is 10.1. The molecule has 0 fully saturated rings. The number of nitrogens with one attached hydrogen (secondary N) is 3. The van der Waals surface area contributed by atoms with Crippen LogP contribution in [0.1, 0.15) is 18.9 Å². The number of benzene rings is 2. The predicted molar refractivity (Wildman–Crippen MR) is 98.7 cm³/mol. The number of hydrogen-bond donors (Lipinski definition) is 3. The molecule has 24 heavy (non-hydrogen) atoms. The number of hydrogen-bond acceptors (Lipinski definition) is 3. The minimum absolute atomic E-state index is 0.0639. The summed E-state index contributed by atoms with van der Waals surface area (Å²) in [6.45, 7) is 3.78. The van der Waals surface area contributed by atoms with Gasteiger partial charge in [0.05, 0.1) is 6.54 Å². The first-order chi connectivity index (χ1) is 11.5. The molecule has 2 aromatic carbocycles. The minimum Gasteiger partial charge on any atom is -0.376 e. The Bertz CT molecular complexity index is 730. The van der Waals surface area contributed by atoms with Crippen LogP contribution in [0, 0.1) is 6.92 Å². The molecule has 0 aliphatic rings. The van der Waals surface area contributed by atoms with Gasteiger partial charge in [-0.05, 0) is 48.9 Å². The van der Waals surface area contributed by atoms with Crippen LogP contribution in [-0.4, -0.2) is 18.4 Å². The van der Waals surface area contributed by atoms with Crippen molar-refractivity contribution in [1.82, 2.24) is 0 Å². The maximum absolute atomic E-state index is 12.1. The zero-order valence-corrected chi connectivity index (χ0v) is 14.4. The average molecular weight is 346 g/mol. The van der Waals surface area contributed by atoms with Gasteiger partial charge >= 0.3 is 0 Å². The molecule has 0 unspecified atom stereocenters. The van der Waals surface area contributed by atoms with Crippen molar-refractivity contribution in [2.75, 3.05) is 22.5 Å². The summed E-state index contributed by atoms with van der Waals surface area (Å²) in [6, 6.07) is 12.5. The molecule has 0 radical (unpaired) electrons. The number of anilines is 3. The number of rotatable bonds is 6. The fraction of sp³-hybridized carbons (Fsp3) is 0.222. The average Bonchev–Trinajstić information content (AvgIpc) is 2.58. The van der Waals surface area contributed by atoms with E-state index in [1.165, 1.54) is 0 Å². The topological polar surface area (TPSA) is 70.2 Å². The van der Waals surface area contributed by atoms with Crippen LogP contribution in [-0.2, 0) is 9.59 Å². The van der Waals surface area contributed by atoms with Crippen molar-refractivity contribution < 1.29 is 9.59 Å². The van der Waals surface area contributed by atoms with Crippen molar-refractivity contribution in [3.05, 3.63) is 53.1 Å². The molecule has 0 saturated carbocycles. The number of halogens is 1. The highest BCUT2D eigenvalue weighted by Gasteiger charge is 2.09. The Hall–Kier alpha value is -2.53. The van der Waals surface area contributed by atoms with E-state index < -0.39 is 0 Å². The lowest BCUT2D eigenvalue weighted by atomic mass is 10.1. The molecule has 2 aromatic rings. The maximum Gasteiger partial charge on any atom is 0.243 e. The first kappa shape index (κ1) is 17.8. The Kier molecular flexibility index (Phi) is 6.21. The van der Waals surface area contributed by atoms with E-state index in [0.29, 0.717) is 22.8 Å². The fourth-order valence-electron chi connectivity index (χ4n) is 2.09. The second kappa shape index (κ2) is 8.36. The molecule has 0 aromatic heterocycles. The van der Waals surface area contributed by atoms with E-state index in [-0.39, 0.29) is 18.4 Å². The van der Waals surface area contributed by atoms with E-state index in [0.717, 1.165) is 11.3 Å². The van der Waals surface area contributed by atoms with Crippen LogP contribution in [0.4, 0.5) is 17.1 Å². The second-order valence-corrected chi connectivity index (χ2v) is 5.72. The number of carbonyl (C=O) groups is 2. The first-order valence-electron chi connectivity index (χ1n) is 7.68. The Morgan fingerprint density at radius 3 is 2.12 bits per heavy atom. The number of amides is 2. The van der Waals surface area contributed by atoms with Crippen molar-refractivity contribution in [1.29, 1.82) is 0 Å². The molecule has 0 atom stereocenters. The van der Waals surface area contributed by atoms with Crippen molar-refractivity contribution in [2.45, 2.75) is 20.3 Å². The summed E-state index contributed by atoms with van der Waals surface area (Å²) in [4.78, 5) is 23.6. The summed E-state index contributed by atoms with van der Waals surface area (Å²) in [5, 5.41) is 9.33. The zero-order chi connectivity index (χ0) is 17.5. The Morgan fingerprint density at radius 1 is 0.958 bits per heavy atom. The van der Waals surface area contributed by atoms with Crippen molar-refractivity contribution in [3.8, 4) is 0 Å². The van der Waals surface area contributed by atoms with Gasteiger partial charge in [0.25, 0.3) is 0 Å².